The lowest BCUT2D eigenvalue weighted by molar-refractivity contribution is 0.112. The lowest BCUT2D eigenvalue weighted by Crippen LogP contribution is -1.99. The first-order chi connectivity index (χ1) is 7.76. The molecule has 0 saturated heterocycles. The van der Waals surface area contributed by atoms with Crippen molar-refractivity contribution in [1.29, 1.82) is 0 Å². The summed E-state index contributed by atoms with van der Waals surface area (Å²) in [4.78, 5) is 10.9. The van der Waals surface area contributed by atoms with Crippen molar-refractivity contribution in [3.05, 3.63) is 36.0 Å². The molecule has 0 atom stereocenters. The summed E-state index contributed by atoms with van der Waals surface area (Å²) in [5.41, 5.74) is 2.23. The van der Waals surface area contributed by atoms with Gasteiger partial charge in [0.15, 0.2) is 6.29 Å². The minimum absolute atomic E-state index is 0.207. The molecular weight excluding hydrogens is 204 g/mol. The summed E-state index contributed by atoms with van der Waals surface area (Å²) in [6.07, 6.45) is 2.35. The average molecular weight is 216 g/mol. The molecule has 4 nitrogen and oxygen atoms in total. The molecule has 82 valence electrons. The number of aryl methyl sites for hydroxylation is 1. The van der Waals surface area contributed by atoms with Crippen molar-refractivity contribution in [2.24, 2.45) is 0 Å². The molecule has 0 fully saturated rings. The molecule has 0 aliphatic rings. The number of phenolic OH excluding ortho intramolecular Hbond substituents is 1. The number of rotatable bonds is 3. The Balaban J connectivity index is 2.57. The molecule has 2 aromatic rings. The van der Waals surface area contributed by atoms with Gasteiger partial charge in [-0.25, -0.2) is 0 Å². The van der Waals surface area contributed by atoms with Crippen LogP contribution in [0.25, 0.3) is 11.3 Å². The highest BCUT2D eigenvalue weighted by molar-refractivity contribution is 5.85. The van der Waals surface area contributed by atoms with E-state index in [1.807, 2.05) is 6.92 Å². The Labute approximate surface area is 93.1 Å². The lowest BCUT2D eigenvalue weighted by Gasteiger charge is -2.05. The van der Waals surface area contributed by atoms with Gasteiger partial charge in [0.2, 0.25) is 0 Å². The fourth-order valence-electron chi connectivity index (χ4n) is 1.66. The number of aromatic nitrogens is 2. The molecule has 0 bridgehead atoms. The van der Waals surface area contributed by atoms with Crippen LogP contribution in [0.15, 0.2) is 30.5 Å². The zero-order valence-corrected chi connectivity index (χ0v) is 8.92. The largest absolute Gasteiger partial charge is 0.508 e. The second-order valence-electron chi connectivity index (χ2n) is 3.43. The molecule has 0 aliphatic carbocycles. The summed E-state index contributed by atoms with van der Waals surface area (Å²) in [6.45, 7) is 2.66. The first-order valence-electron chi connectivity index (χ1n) is 5.06. The third-order valence-corrected chi connectivity index (χ3v) is 2.43. The first-order valence-corrected chi connectivity index (χ1v) is 5.06. The van der Waals surface area contributed by atoms with Crippen LogP contribution in [0.4, 0.5) is 0 Å². The summed E-state index contributed by atoms with van der Waals surface area (Å²) in [7, 11) is 0. The highest BCUT2D eigenvalue weighted by atomic mass is 16.3. The molecule has 0 spiro atoms. The molecule has 0 aliphatic heterocycles. The van der Waals surface area contributed by atoms with Crippen LogP contribution < -0.4 is 0 Å². The number of aldehydes is 1. The molecule has 1 aromatic heterocycles. The summed E-state index contributed by atoms with van der Waals surface area (Å²) in [6, 6.07) is 6.73. The third-order valence-electron chi connectivity index (χ3n) is 2.43. The molecule has 0 saturated carbocycles. The van der Waals surface area contributed by atoms with Crippen molar-refractivity contribution in [1.82, 2.24) is 9.78 Å². The van der Waals surface area contributed by atoms with E-state index < -0.39 is 0 Å². The molecule has 0 unspecified atom stereocenters. The molecule has 1 N–H and O–H groups in total. The average Bonchev–Trinajstić information content (AvgIpc) is 2.73. The molecule has 1 heterocycles. The van der Waals surface area contributed by atoms with Crippen molar-refractivity contribution in [2.75, 3.05) is 0 Å². The van der Waals surface area contributed by atoms with Gasteiger partial charge in [-0.2, -0.15) is 5.10 Å². The van der Waals surface area contributed by atoms with Crippen LogP contribution in [-0.2, 0) is 6.54 Å². The van der Waals surface area contributed by atoms with Crippen LogP contribution in [0, 0.1) is 0 Å². The Bertz CT molecular complexity index is 500. The predicted octanol–water partition coefficient (Wildman–Crippen LogP) is 2.09. The van der Waals surface area contributed by atoms with Gasteiger partial charge in [-0.3, -0.25) is 9.48 Å². The van der Waals surface area contributed by atoms with Gasteiger partial charge in [-0.1, -0.05) is 0 Å². The smallest absolute Gasteiger partial charge is 0.153 e. The summed E-state index contributed by atoms with van der Waals surface area (Å²) in [5, 5.41) is 13.3. The van der Waals surface area contributed by atoms with E-state index in [1.165, 1.54) is 0 Å². The Morgan fingerprint density at radius 3 is 2.62 bits per heavy atom. The second-order valence-corrected chi connectivity index (χ2v) is 3.43. The predicted molar refractivity (Wildman–Crippen MR) is 60.4 cm³/mol. The van der Waals surface area contributed by atoms with Crippen LogP contribution in [-0.4, -0.2) is 21.2 Å². The van der Waals surface area contributed by atoms with E-state index in [9.17, 15) is 9.90 Å². The Kier molecular flexibility index (Phi) is 2.72. The monoisotopic (exact) mass is 216 g/mol. The first kappa shape index (κ1) is 10.4. The number of phenols is 1. The van der Waals surface area contributed by atoms with Crippen molar-refractivity contribution in [2.45, 2.75) is 13.5 Å². The molecule has 4 heteroatoms. The maximum Gasteiger partial charge on any atom is 0.153 e. The number of benzene rings is 1. The Morgan fingerprint density at radius 2 is 2.06 bits per heavy atom. The number of aromatic hydroxyl groups is 1. The Hall–Kier alpha value is -2.10. The minimum Gasteiger partial charge on any atom is -0.508 e. The van der Waals surface area contributed by atoms with E-state index in [0.717, 1.165) is 17.5 Å². The standard InChI is InChI=1S/C12H12N2O2/c1-2-14-12(10(8-15)7-13-14)9-3-5-11(16)6-4-9/h3-8,16H,2H2,1H3. The van der Waals surface area contributed by atoms with E-state index in [0.29, 0.717) is 12.1 Å². The summed E-state index contributed by atoms with van der Waals surface area (Å²) < 4.78 is 1.76. The van der Waals surface area contributed by atoms with Gasteiger partial charge >= 0.3 is 0 Å². The van der Waals surface area contributed by atoms with Gasteiger partial charge in [0.05, 0.1) is 17.5 Å². The SMILES string of the molecule is CCn1ncc(C=O)c1-c1ccc(O)cc1. The van der Waals surface area contributed by atoms with E-state index in [4.69, 9.17) is 0 Å². The topological polar surface area (TPSA) is 55.1 Å². The van der Waals surface area contributed by atoms with Gasteiger partial charge in [0.1, 0.15) is 5.75 Å². The van der Waals surface area contributed by atoms with Crippen molar-refractivity contribution >= 4 is 6.29 Å². The lowest BCUT2D eigenvalue weighted by atomic mass is 10.1. The molecular formula is C12H12N2O2. The molecule has 1 aromatic carbocycles. The van der Waals surface area contributed by atoms with Crippen molar-refractivity contribution in [3.8, 4) is 17.0 Å². The number of nitrogens with zero attached hydrogens (tertiary/aromatic N) is 2. The zero-order valence-electron chi connectivity index (χ0n) is 8.92. The normalized spacial score (nSPS) is 10.3. The second kappa shape index (κ2) is 4.18. The van der Waals surface area contributed by atoms with Gasteiger partial charge in [0.25, 0.3) is 0 Å². The Morgan fingerprint density at radius 1 is 1.38 bits per heavy atom. The molecule has 16 heavy (non-hydrogen) atoms. The quantitative estimate of drug-likeness (QED) is 0.799. The third kappa shape index (κ3) is 1.69. The zero-order chi connectivity index (χ0) is 11.5. The van der Waals surface area contributed by atoms with E-state index in [-0.39, 0.29) is 5.75 Å². The fraction of sp³-hybridized carbons (Fsp3) is 0.167. The van der Waals surface area contributed by atoms with Crippen LogP contribution in [0.3, 0.4) is 0 Å². The highest BCUT2D eigenvalue weighted by Crippen LogP contribution is 2.24. The molecule has 0 radical (unpaired) electrons. The number of hydrogen-bond acceptors (Lipinski definition) is 3. The van der Waals surface area contributed by atoms with Crippen LogP contribution in [0.5, 0.6) is 5.75 Å². The maximum atomic E-state index is 10.9. The van der Waals surface area contributed by atoms with Crippen molar-refractivity contribution < 1.29 is 9.90 Å². The van der Waals surface area contributed by atoms with Crippen molar-refractivity contribution in [3.63, 3.8) is 0 Å². The van der Waals surface area contributed by atoms with E-state index >= 15 is 0 Å². The van der Waals surface area contributed by atoms with Gasteiger partial charge in [0, 0.05) is 12.1 Å². The molecule has 0 amide bonds. The van der Waals surface area contributed by atoms with Crippen LogP contribution in [0.1, 0.15) is 17.3 Å². The van der Waals surface area contributed by atoms with E-state index in [2.05, 4.69) is 5.10 Å². The fourth-order valence-corrected chi connectivity index (χ4v) is 1.66. The maximum absolute atomic E-state index is 10.9. The number of hydrogen-bond donors (Lipinski definition) is 1. The number of carbonyl (C=O) groups is 1. The minimum atomic E-state index is 0.207. The number of carbonyl (C=O) groups excluding carboxylic acids is 1. The van der Waals surface area contributed by atoms with Crippen LogP contribution in [0.2, 0.25) is 0 Å². The van der Waals surface area contributed by atoms with Gasteiger partial charge < -0.3 is 5.11 Å². The van der Waals surface area contributed by atoms with E-state index in [1.54, 1.807) is 35.1 Å². The van der Waals surface area contributed by atoms with Crippen LogP contribution >= 0.6 is 0 Å². The summed E-state index contributed by atoms with van der Waals surface area (Å²) in [5.74, 6) is 0.207. The molecule has 2 rings (SSSR count). The highest BCUT2D eigenvalue weighted by Gasteiger charge is 2.11. The summed E-state index contributed by atoms with van der Waals surface area (Å²) >= 11 is 0. The van der Waals surface area contributed by atoms with Gasteiger partial charge in [-0.05, 0) is 31.2 Å². The van der Waals surface area contributed by atoms with Gasteiger partial charge in [-0.15, -0.1) is 0 Å².